The van der Waals surface area contributed by atoms with Crippen molar-refractivity contribution >= 4 is 19.3 Å². The van der Waals surface area contributed by atoms with Crippen LogP contribution in [0.2, 0.25) is 0 Å². The lowest BCUT2D eigenvalue weighted by Crippen LogP contribution is -2.18. The molecular formula is C10H8BF3O2. The molecule has 0 bridgehead atoms. The van der Waals surface area contributed by atoms with E-state index in [2.05, 4.69) is 4.74 Å². The van der Waals surface area contributed by atoms with Gasteiger partial charge < -0.3 is 4.74 Å². The maximum atomic E-state index is 12.6. The van der Waals surface area contributed by atoms with Crippen LogP contribution in [-0.4, -0.2) is 20.9 Å². The Morgan fingerprint density at radius 2 is 1.94 bits per heavy atom. The van der Waals surface area contributed by atoms with Gasteiger partial charge in [0.05, 0.1) is 18.2 Å². The molecule has 1 aromatic carbocycles. The molecule has 84 valence electrons. The van der Waals surface area contributed by atoms with E-state index in [0.717, 1.165) is 19.2 Å². The summed E-state index contributed by atoms with van der Waals surface area (Å²) in [5.74, 6) is -0.838. The van der Waals surface area contributed by atoms with Crippen molar-refractivity contribution in [3.63, 3.8) is 0 Å². The highest BCUT2D eigenvalue weighted by Gasteiger charge is 2.34. The fraction of sp³-hybridized carbons (Fsp3) is 0.300. The van der Waals surface area contributed by atoms with Crippen molar-refractivity contribution in [1.29, 1.82) is 0 Å². The molecule has 1 rings (SSSR count). The van der Waals surface area contributed by atoms with Crippen molar-refractivity contribution in [2.24, 2.45) is 0 Å². The van der Waals surface area contributed by atoms with Crippen LogP contribution in [0.25, 0.3) is 0 Å². The zero-order valence-corrected chi connectivity index (χ0v) is 8.68. The van der Waals surface area contributed by atoms with E-state index in [-0.39, 0.29) is 16.6 Å². The lowest BCUT2D eigenvalue weighted by atomic mass is 9.88. The minimum atomic E-state index is -4.54. The quantitative estimate of drug-likeness (QED) is 0.538. The van der Waals surface area contributed by atoms with Crippen molar-refractivity contribution in [1.82, 2.24) is 0 Å². The van der Waals surface area contributed by atoms with E-state index in [0.29, 0.717) is 0 Å². The molecular weight excluding hydrogens is 220 g/mol. The molecule has 0 aliphatic rings. The largest absolute Gasteiger partial charge is 0.465 e. The van der Waals surface area contributed by atoms with E-state index >= 15 is 0 Å². The van der Waals surface area contributed by atoms with Gasteiger partial charge in [-0.15, -0.1) is 0 Å². The normalized spacial score (nSPS) is 11.3. The number of hydrogen-bond acceptors (Lipinski definition) is 2. The molecule has 0 N–H and O–H groups in total. The summed E-state index contributed by atoms with van der Waals surface area (Å²) >= 11 is 0. The van der Waals surface area contributed by atoms with Gasteiger partial charge in [0, 0.05) is 0 Å². The average molecular weight is 228 g/mol. The molecule has 0 amide bonds. The van der Waals surface area contributed by atoms with Crippen LogP contribution in [-0.2, 0) is 10.9 Å². The maximum absolute atomic E-state index is 12.6. The summed E-state index contributed by atoms with van der Waals surface area (Å²) in [6, 6.07) is 1.96. The van der Waals surface area contributed by atoms with Crippen LogP contribution in [0.5, 0.6) is 0 Å². The van der Waals surface area contributed by atoms with Crippen molar-refractivity contribution in [3.8, 4) is 0 Å². The third-order valence-corrected chi connectivity index (χ3v) is 2.14. The summed E-state index contributed by atoms with van der Waals surface area (Å²) < 4.78 is 42.1. The molecule has 0 aliphatic heterocycles. The second kappa shape index (κ2) is 4.19. The molecule has 0 spiro atoms. The van der Waals surface area contributed by atoms with Crippen molar-refractivity contribution < 1.29 is 22.7 Å². The Hall–Kier alpha value is -1.46. The van der Waals surface area contributed by atoms with E-state index in [1.54, 1.807) is 0 Å². The SMILES string of the molecule is [B]c1cc(C(=O)OC)c(C)c(C(F)(F)F)c1. The number of halogens is 3. The van der Waals surface area contributed by atoms with E-state index in [1.807, 2.05) is 0 Å². The van der Waals surface area contributed by atoms with Gasteiger partial charge >= 0.3 is 12.1 Å². The third kappa shape index (κ3) is 2.37. The van der Waals surface area contributed by atoms with Crippen molar-refractivity contribution in [2.45, 2.75) is 13.1 Å². The first-order valence-corrected chi connectivity index (χ1v) is 4.33. The van der Waals surface area contributed by atoms with Gasteiger partial charge in [0.15, 0.2) is 0 Å². The molecule has 0 atom stereocenters. The van der Waals surface area contributed by atoms with Crippen molar-refractivity contribution in [2.75, 3.05) is 7.11 Å². The number of ether oxygens (including phenoxy) is 1. The molecule has 0 fully saturated rings. The summed E-state index contributed by atoms with van der Waals surface area (Å²) in [5, 5.41) is 0. The molecule has 0 saturated heterocycles. The molecule has 0 unspecified atom stereocenters. The smallest absolute Gasteiger partial charge is 0.416 e. The Morgan fingerprint density at radius 3 is 2.38 bits per heavy atom. The van der Waals surface area contributed by atoms with Crippen LogP contribution >= 0.6 is 0 Å². The Labute approximate surface area is 91.8 Å². The second-order valence-electron chi connectivity index (χ2n) is 3.23. The Bertz CT molecular complexity index is 427. The molecule has 16 heavy (non-hydrogen) atoms. The number of carbonyl (C=O) groups is 1. The van der Waals surface area contributed by atoms with E-state index in [1.165, 1.54) is 6.92 Å². The van der Waals surface area contributed by atoms with Crippen molar-refractivity contribution in [3.05, 3.63) is 28.8 Å². The highest BCUT2D eigenvalue weighted by atomic mass is 19.4. The minimum Gasteiger partial charge on any atom is -0.465 e. The monoisotopic (exact) mass is 228 g/mol. The Morgan fingerprint density at radius 1 is 1.38 bits per heavy atom. The number of esters is 1. The molecule has 0 heterocycles. The summed E-state index contributed by atoms with van der Waals surface area (Å²) in [7, 11) is 6.41. The van der Waals surface area contributed by atoms with Crippen LogP contribution in [0.15, 0.2) is 12.1 Å². The molecule has 0 aliphatic carbocycles. The predicted molar refractivity (Wildman–Crippen MR) is 52.9 cm³/mol. The molecule has 2 nitrogen and oxygen atoms in total. The molecule has 0 saturated carbocycles. The molecule has 2 radical (unpaired) electrons. The number of rotatable bonds is 1. The number of carbonyl (C=O) groups excluding carboxylic acids is 1. The lowest BCUT2D eigenvalue weighted by Gasteiger charge is -2.14. The number of hydrogen-bond donors (Lipinski definition) is 0. The van der Waals surface area contributed by atoms with Crippen LogP contribution in [0.4, 0.5) is 13.2 Å². The topological polar surface area (TPSA) is 26.3 Å². The predicted octanol–water partition coefficient (Wildman–Crippen LogP) is 1.59. The minimum absolute atomic E-state index is 0.127. The zero-order chi connectivity index (χ0) is 12.5. The van der Waals surface area contributed by atoms with E-state index < -0.39 is 17.7 Å². The van der Waals surface area contributed by atoms with Crippen LogP contribution < -0.4 is 5.46 Å². The maximum Gasteiger partial charge on any atom is 0.416 e. The van der Waals surface area contributed by atoms with Gasteiger partial charge in [0.2, 0.25) is 0 Å². The number of benzene rings is 1. The first-order valence-electron chi connectivity index (χ1n) is 4.33. The van der Waals surface area contributed by atoms with Gasteiger partial charge in [-0.25, -0.2) is 4.79 Å². The van der Waals surface area contributed by atoms with Crippen LogP contribution in [0.1, 0.15) is 21.5 Å². The molecule has 0 aromatic heterocycles. The van der Waals surface area contributed by atoms with Gasteiger partial charge in [0.25, 0.3) is 0 Å². The fourth-order valence-electron chi connectivity index (χ4n) is 1.35. The molecule has 6 heteroatoms. The standard InChI is InChI=1S/C10H8BF3O2/c1-5-7(9(15)16-2)3-6(11)4-8(5)10(12,13)14/h3-4H,1-2H3. The summed E-state index contributed by atoms with van der Waals surface area (Å²) in [5.41, 5.74) is -1.41. The molecule has 1 aromatic rings. The highest BCUT2D eigenvalue weighted by Crippen LogP contribution is 2.32. The first kappa shape index (κ1) is 12.6. The fourth-order valence-corrected chi connectivity index (χ4v) is 1.35. The van der Waals surface area contributed by atoms with Gasteiger partial charge in [-0.3, -0.25) is 0 Å². The number of alkyl halides is 3. The summed E-state index contributed by atoms with van der Waals surface area (Å²) in [4.78, 5) is 11.2. The van der Waals surface area contributed by atoms with Gasteiger partial charge in [-0.1, -0.05) is 17.6 Å². The second-order valence-corrected chi connectivity index (χ2v) is 3.23. The highest BCUT2D eigenvalue weighted by molar-refractivity contribution is 6.32. The average Bonchev–Trinajstić information content (AvgIpc) is 2.18. The third-order valence-electron chi connectivity index (χ3n) is 2.14. The zero-order valence-electron chi connectivity index (χ0n) is 8.68. The summed E-state index contributed by atoms with van der Waals surface area (Å²) in [6.07, 6.45) is -4.54. The van der Waals surface area contributed by atoms with Gasteiger partial charge in [-0.2, -0.15) is 13.2 Å². The van der Waals surface area contributed by atoms with Crippen LogP contribution in [0.3, 0.4) is 0 Å². The lowest BCUT2D eigenvalue weighted by molar-refractivity contribution is -0.138. The van der Waals surface area contributed by atoms with E-state index in [9.17, 15) is 18.0 Å². The summed E-state index contributed by atoms with van der Waals surface area (Å²) in [6.45, 7) is 1.20. The van der Waals surface area contributed by atoms with Gasteiger partial charge in [-0.05, 0) is 12.5 Å². The van der Waals surface area contributed by atoms with Crippen LogP contribution in [0, 0.1) is 6.92 Å². The Balaban J connectivity index is 3.44. The number of methoxy groups -OCH3 is 1. The first-order chi connectivity index (χ1) is 7.27. The van der Waals surface area contributed by atoms with E-state index in [4.69, 9.17) is 7.85 Å². The Kier molecular flexibility index (Phi) is 3.31. The van der Waals surface area contributed by atoms with Gasteiger partial charge in [0.1, 0.15) is 7.85 Å².